The molecular weight excluding hydrogens is 516 g/mol. The Hall–Kier alpha value is -4.79. The number of phenols is 1. The highest BCUT2D eigenvalue weighted by Crippen LogP contribution is 2.53. The van der Waals surface area contributed by atoms with Crippen LogP contribution in [0, 0.1) is 0 Å². The van der Waals surface area contributed by atoms with Gasteiger partial charge in [-0.05, 0) is 84.8 Å². The van der Waals surface area contributed by atoms with Crippen LogP contribution in [0.4, 0.5) is 0 Å². The van der Waals surface area contributed by atoms with E-state index in [1.807, 2.05) is 23.9 Å². The van der Waals surface area contributed by atoms with Gasteiger partial charge in [-0.15, -0.1) is 0 Å². The van der Waals surface area contributed by atoms with E-state index in [0.717, 1.165) is 11.1 Å². The Labute approximate surface area is 243 Å². The van der Waals surface area contributed by atoms with Crippen LogP contribution in [0.5, 0.6) is 5.75 Å². The van der Waals surface area contributed by atoms with Crippen molar-refractivity contribution in [1.29, 1.82) is 0 Å². The molecule has 0 saturated heterocycles. The largest absolute Gasteiger partial charge is 0.508 e. The number of benzene rings is 7. The van der Waals surface area contributed by atoms with Gasteiger partial charge in [0.05, 0.1) is 0 Å². The van der Waals surface area contributed by atoms with E-state index >= 15 is 0 Å². The van der Waals surface area contributed by atoms with Gasteiger partial charge in [0.25, 0.3) is 0 Å². The van der Waals surface area contributed by atoms with E-state index in [2.05, 4.69) is 121 Å². The molecule has 0 atom stereocenters. The lowest BCUT2D eigenvalue weighted by Crippen LogP contribution is -2.11. The Morgan fingerprint density at radius 2 is 0.829 bits per heavy atom. The van der Waals surface area contributed by atoms with Crippen LogP contribution >= 0.6 is 11.8 Å². The standard InChI is InChI=1S/C39H26OS/c40-32-21-17-28(18-22-32)26-11-9-25(10-12-26)27-13-15-31(16-14-27)37-38-33-7-3-1-5-29(33)19-23-35(38)41-36-24-20-30-6-2-4-8-34(30)39(36)37/h1-24,37,40H. The fourth-order valence-electron chi connectivity index (χ4n) is 6.30. The molecule has 1 aliphatic heterocycles. The first-order valence-electron chi connectivity index (χ1n) is 13.9. The predicted octanol–water partition coefficient (Wildman–Crippen LogP) is 10.7. The zero-order valence-corrected chi connectivity index (χ0v) is 23.1. The zero-order valence-electron chi connectivity index (χ0n) is 22.3. The molecule has 1 aliphatic rings. The summed E-state index contributed by atoms with van der Waals surface area (Å²) in [6.07, 6.45) is 0. The monoisotopic (exact) mass is 542 g/mol. The van der Waals surface area contributed by atoms with Gasteiger partial charge in [0.15, 0.2) is 0 Å². The Morgan fingerprint density at radius 1 is 0.415 bits per heavy atom. The highest BCUT2D eigenvalue weighted by Gasteiger charge is 2.31. The van der Waals surface area contributed by atoms with E-state index in [9.17, 15) is 5.11 Å². The van der Waals surface area contributed by atoms with Crippen LogP contribution in [-0.4, -0.2) is 5.11 Å². The summed E-state index contributed by atoms with van der Waals surface area (Å²) in [5.74, 6) is 0.428. The van der Waals surface area contributed by atoms with E-state index in [-0.39, 0.29) is 11.7 Å². The maximum atomic E-state index is 9.62. The van der Waals surface area contributed by atoms with Gasteiger partial charge in [0.1, 0.15) is 5.75 Å². The van der Waals surface area contributed by atoms with Crippen LogP contribution in [0.15, 0.2) is 155 Å². The van der Waals surface area contributed by atoms with Gasteiger partial charge in [-0.25, -0.2) is 0 Å². The summed E-state index contributed by atoms with van der Waals surface area (Å²) in [6.45, 7) is 0. The number of rotatable bonds is 3. The second kappa shape index (κ2) is 9.69. The van der Waals surface area contributed by atoms with Crippen molar-refractivity contribution >= 4 is 33.3 Å². The third kappa shape index (κ3) is 4.11. The van der Waals surface area contributed by atoms with Gasteiger partial charge < -0.3 is 5.11 Å². The summed E-state index contributed by atoms with van der Waals surface area (Å²) in [6, 6.07) is 51.9. The number of hydrogen-bond acceptors (Lipinski definition) is 2. The fraction of sp³-hybridized carbons (Fsp3) is 0.0256. The van der Waals surface area contributed by atoms with Gasteiger partial charge in [-0.3, -0.25) is 0 Å². The molecule has 0 aromatic heterocycles. The fourth-order valence-corrected chi connectivity index (χ4v) is 7.48. The maximum absolute atomic E-state index is 9.62. The van der Waals surface area contributed by atoms with Crippen molar-refractivity contribution in [3.8, 4) is 28.0 Å². The lowest BCUT2D eigenvalue weighted by Gasteiger charge is -2.31. The van der Waals surface area contributed by atoms with Crippen molar-refractivity contribution in [2.45, 2.75) is 15.7 Å². The Balaban J connectivity index is 1.25. The lowest BCUT2D eigenvalue weighted by atomic mass is 9.80. The van der Waals surface area contributed by atoms with Crippen molar-refractivity contribution in [2.24, 2.45) is 0 Å². The topological polar surface area (TPSA) is 20.2 Å². The first-order chi connectivity index (χ1) is 20.2. The minimum atomic E-state index is 0.143. The van der Waals surface area contributed by atoms with Crippen molar-refractivity contribution in [3.63, 3.8) is 0 Å². The number of phenolic OH excluding ortho intramolecular Hbond substituents is 1. The van der Waals surface area contributed by atoms with Crippen molar-refractivity contribution in [1.82, 2.24) is 0 Å². The van der Waals surface area contributed by atoms with Crippen LogP contribution in [0.3, 0.4) is 0 Å². The number of aromatic hydroxyl groups is 1. The average molecular weight is 543 g/mol. The molecule has 194 valence electrons. The molecule has 0 radical (unpaired) electrons. The number of hydrogen-bond donors (Lipinski definition) is 1. The van der Waals surface area contributed by atoms with E-state index in [1.165, 1.54) is 59.2 Å². The smallest absolute Gasteiger partial charge is 0.115 e. The minimum Gasteiger partial charge on any atom is -0.508 e. The normalized spacial score (nSPS) is 12.8. The molecular formula is C39H26OS. The van der Waals surface area contributed by atoms with Gasteiger partial charge in [-0.1, -0.05) is 133 Å². The molecule has 7 aromatic rings. The van der Waals surface area contributed by atoms with Crippen LogP contribution in [0.1, 0.15) is 22.6 Å². The molecule has 7 aromatic carbocycles. The summed E-state index contributed by atoms with van der Waals surface area (Å²) in [4.78, 5) is 2.68. The summed E-state index contributed by atoms with van der Waals surface area (Å²) in [5.41, 5.74) is 8.74. The first kappa shape index (κ1) is 24.0. The molecule has 0 bridgehead atoms. The lowest BCUT2D eigenvalue weighted by molar-refractivity contribution is 0.475. The molecule has 0 unspecified atom stereocenters. The van der Waals surface area contributed by atoms with E-state index in [4.69, 9.17) is 0 Å². The molecule has 1 N–H and O–H groups in total. The van der Waals surface area contributed by atoms with Crippen molar-refractivity contribution in [3.05, 3.63) is 162 Å². The third-order valence-electron chi connectivity index (χ3n) is 8.32. The molecule has 8 rings (SSSR count). The highest BCUT2D eigenvalue weighted by atomic mass is 32.2. The maximum Gasteiger partial charge on any atom is 0.115 e. The van der Waals surface area contributed by atoms with Gasteiger partial charge in [0, 0.05) is 15.7 Å². The van der Waals surface area contributed by atoms with Gasteiger partial charge >= 0.3 is 0 Å². The molecule has 0 spiro atoms. The molecule has 41 heavy (non-hydrogen) atoms. The summed E-state index contributed by atoms with van der Waals surface area (Å²) >= 11 is 1.90. The Kier molecular flexibility index (Phi) is 5.68. The quantitative estimate of drug-likeness (QED) is 0.240. The van der Waals surface area contributed by atoms with Crippen molar-refractivity contribution in [2.75, 3.05) is 0 Å². The summed E-state index contributed by atoms with van der Waals surface area (Å²) in [5, 5.41) is 14.8. The molecule has 2 heteroatoms. The molecule has 0 amide bonds. The summed E-state index contributed by atoms with van der Waals surface area (Å²) < 4.78 is 0. The van der Waals surface area contributed by atoms with Crippen molar-refractivity contribution < 1.29 is 5.11 Å². The Bertz CT molecular complexity index is 1970. The second-order valence-corrected chi connectivity index (χ2v) is 11.8. The molecule has 0 saturated carbocycles. The van der Waals surface area contributed by atoms with E-state index < -0.39 is 0 Å². The Morgan fingerprint density at radius 3 is 1.32 bits per heavy atom. The first-order valence-corrected chi connectivity index (χ1v) is 14.8. The second-order valence-electron chi connectivity index (χ2n) is 10.7. The minimum absolute atomic E-state index is 0.143. The molecule has 0 aliphatic carbocycles. The molecule has 1 heterocycles. The van der Waals surface area contributed by atoms with Crippen LogP contribution in [0.2, 0.25) is 0 Å². The number of fused-ring (bicyclic) bond motifs is 6. The predicted molar refractivity (Wildman–Crippen MR) is 172 cm³/mol. The van der Waals surface area contributed by atoms with Crippen LogP contribution in [-0.2, 0) is 0 Å². The zero-order chi connectivity index (χ0) is 27.3. The molecule has 1 nitrogen and oxygen atoms in total. The average Bonchev–Trinajstić information content (AvgIpc) is 3.04. The van der Waals surface area contributed by atoms with Gasteiger partial charge in [0.2, 0.25) is 0 Å². The summed E-state index contributed by atoms with van der Waals surface area (Å²) in [7, 11) is 0. The SMILES string of the molecule is Oc1ccc(-c2ccc(-c3ccc(C4c5c(ccc6ccccc56)Sc5ccc6ccccc6c54)cc3)cc2)cc1. The van der Waals surface area contributed by atoms with E-state index in [0.29, 0.717) is 0 Å². The molecule has 0 fully saturated rings. The van der Waals surface area contributed by atoms with Gasteiger partial charge in [-0.2, -0.15) is 0 Å². The van der Waals surface area contributed by atoms with Crippen LogP contribution < -0.4 is 0 Å². The highest BCUT2D eigenvalue weighted by molar-refractivity contribution is 7.99. The van der Waals surface area contributed by atoms with Crippen LogP contribution in [0.25, 0.3) is 43.8 Å². The third-order valence-corrected chi connectivity index (χ3v) is 9.47. The van der Waals surface area contributed by atoms with E-state index in [1.54, 1.807) is 12.1 Å².